The van der Waals surface area contributed by atoms with E-state index in [1.54, 1.807) is 11.1 Å². The van der Waals surface area contributed by atoms with Gasteiger partial charge in [-0.25, -0.2) is 4.98 Å². The van der Waals surface area contributed by atoms with Crippen molar-refractivity contribution >= 4 is 30.7 Å². The maximum atomic E-state index is 12.4. The van der Waals surface area contributed by atoms with Gasteiger partial charge in [0.05, 0.1) is 12.6 Å². The molecule has 1 N–H and O–H groups in total. The van der Waals surface area contributed by atoms with E-state index in [0.717, 1.165) is 31.8 Å². The SMILES string of the molecule is CN(Cc1nccn1Cc1ccccc1)C(=O)C1CCCN1.Cl.Cl. The van der Waals surface area contributed by atoms with Gasteiger partial charge in [0.15, 0.2) is 0 Å². The number of amides is 1. The Balaban J connectivity index is 0.00000144. The summed E-state index contributed by atoms with van der Waals surface area (Å²) in [6.07, 6.45) is 5.77. The fourth-order valence-electron chi connectivity index (χ4n) is 2.87. The van der Waals surface area contributed by atoms with Crippen LogP contribution in [-0.2, 0) is 17.9 Å². The first-order valence-corrected chi connectivity index (χ1v) is 7.76. The number of rotatable bonds is 5. The maximum absolute atomic E-state index is 12.4. The number of hydrogen-bond acceptors (Lipinski definition) is 3. The highest BCUT2D eigenvalue weighted by atomic mass is 35.5. The molecule has 0 saturated carbocycles. The molecule has 1 fully saturated rings. The Morgan fingerprint density at radius 3 is 2.75 bits per heavy atom. The van der Waals surface area contributed by atoms with Gasteiger partial charge in [-0.15, -0.1) is 24.8 Å². The molecule has 0 radical (unpaired) electrons. The third-order valence-corrected chi connectivity index (χ3v) is 4.11. The summed E-state index contributed by atoms with van der Waals surface area (Å²) in [6.45, 7) is 2.25. The zero-order valence-electron chi connectivity index (χ0n) is 13.7. The second kappa shape index (κ2) is 9.67. The molecular formula is C17H24Cl2N4O. The number of benzene rings is 1. The van der Waals surface area contributed by atoms with Crippen molar-refractivity contribution in [2.24, 2.45) is 0 Å². The molecule has 0 bridgehead atoms. The predicted octanol–water partition coefficient (Wildman–Crippen LogP) is 2.49. The molecule has 7 heteroatoms. The standard InChI is InChI=1S/C17H22N4O.2ClH/c1-20(17(22)15-8-5-9-18-15)13-16-19-10-11-21(16)12-14-6-3-2-4-7-14;;/h2-4,6-7,10-11,15,18H,5,8-9,12-13H2,1H3;2*1H. The van der Waals surface area contributed by atoms with Crippen LogP contribution in [0.5, 0.6) is 0 Å². The van der Waals surface area contributed by atoms with Crippen LogP contribution in [0, 0.1) is 0 Å². The van der Waals surface area contributed by atoms with Crippen molar-refractivity contribution in [1.82, 2.24) is 19.8 Å². The second-order valence-electron chi connectivity index (χ2n) is 5.80. The van der Waals surface area contributed by atoms with Gasteiger partial charge in [-0.3, -0.25) is 4.79 Å². The van der Waals surface area contributed by atoms with Gasteiger partial charge in [0.1, 0.15) is 5.82 Å². The molecule has 1 saturated heterocycles. The molecule has 1 unspecified atom stereocenters. The zero-order chi connectivity index (χ0) is 15.4. The minimum absolute atomic E-state index is 0. The lowest BCUT2D eigenvalue weighted by Crippen LogP contribution is -2.41. The largest absolute Gasteiger partial charge is 0.337 e. The lowest BCUT2D eigenvalue weighted by molar-refractivity contribution is -0.132. The number of carbonyl (C=O) groups is 1. The predicted molar refractivity (Wildman–Crippen MR) is 99.8 cm³/mol. The van der Waals surface area contributed by atoms with Gasteiger partial charge in [0.2, 0.25) is 5.91 Å². The van der Waals surface area contributed by atoms with E-state index < -0.39 is 0 Å². The molecule has 1 atom stereocenters. The van der Waals surface area contributed by atoms with Crippen molar-refractivity contribution in [3.05, 3.63) is 54.1 Å². The molecule has 1 amide bonds. The van der Waals surface area contributed by atoms with Crippen LogP contribution in [0.1, 0.15) is 24.2 Å². The number of likely N-dealkylation sites (N-methyl/N-ethyl adjacent to an activating group) is 1. The van der Waals surface area contributed by atoms with E-state index in [1.165, 1.54) is 5.56 Å². The van der Waals surface area contributed by atoms with Crippen LogP contribution in [0.3, 0.4) is 0 Å². The van der Waals surface area contributed by atoms with Gasteiger partial charge in [-0.2, -0.15) is 0 Å². The Morgan fingerprint density at radius 1 is 1.33 bits per heavy atom. The zero-order valence-corrected chi connectivity index (χ0v) is 15.4. The van der Waals surface area contributed by atoms with Gasteiger partial charge < -0.3 is 14.8 Å². The Bertz CT molecular complexity index is 627. The Kier molecular flexibility index (Phi) is 8.25. The minimum Gasteiger partial charge on any atom is -0.337 e. The van der Waals surface area contributed by atoms with E-state index in [1.807, 2.05) is 31.4 Å². The normalized spacial score (nSPS) is 16.1. The lowest BCUT2D eigenvalue weighted by atomic mass is 10.2. The number of hydrogen-bond donors (Lipinski definition) is 1. The average molecular weight is 371 g/mol. The average Bonchev–Trinajstić information content (AvgIpc) is 3.20. The molecule has 2 aromatic rings. The van der Waals surface area contributed by atoms with Gasteiger partial charge in [-0.1, -0.05) is 30.3 Å². The fraction of sp³-hybridized carbons (Fsp3) is 0.412. The first-order chi connectivity index (χ1) is 10.7. The summed E-state index contributed by atoms with van der Waals surface area (Å²) in [4.78, 5) is 18.5. The summed E-state index contributed by atoms with van der Waals surface area (Å²) < 4.78 is 2.10. The lowest BCUT2D eigenvalue weighted by Gasteiger charge is -2.21. The highest BCUT2D eigenvalue weighted by Crippen LogP contribution is 2.11. The van der Waals surface area contributed by atoms with Crippen LogP contribution >= 0.6 is 24.8 Å². The summed E-state index contributed by atoms with van der Waals surface area (Å²) >= 11 is 0. The summed E-state index contributed by atoms with van der Waals surface area (Å²) in [5.74, 6) is 1.07. The van der Waals surface area contributed by atoms with E-state index in [9.17, 15) is 4.79 Å². The smallest absolute Gasteiger partial charge is 0.239 e. The number of nitrogens with zero attached hydrogens (tertiary/aromatic N) is 3. The molecule has 0 spiro atoms. The first-order valence-electron chi connectivity index (χ1n) is 7.76. The van der Waals surface area contributed by atoms with E-state index in [0.29, 0.717) is 6.54 Å². The molecule has 1 aromatic carbocycles. The van der Waals surface area contributed by atoms with Crippen molar-refractivity contribution in [3.63, 3.8) is 0 Å². The second-order valence-corrected chi connectivity index (χ2v) is 5.80. The fourth-order valence-corrected chi connectivity index (χ4v) is 2.87. The van der Waals surface area contributed by atoms with E-state index in [-0.39, 0.29) is 36.8 Å². The Morgan fingerprint density at radius 2 is 2.08 bits per heavy atom. The summed E-state index contributed by atoms with van der Waals surface area (Å²) in [5.41, 5.74) is 1.23. The van der Waals surface area contributed by atoms with Crippen molar-refractivity contribution in [2.75, 3.05) is 13.6 Å². The van der Waals surface area contributed by atoms with Crippen LogP contribution in [-0.4, -0.2) is 40.0 Å². The maximum Gasteiger partial charge on any atom is 0.239 e. The molecule has 3 rings (SSSR count). The molecule has 5 nitrogen and oxygen atoms in total. The van der Waals surface area contributed by atoms with Crippen molar-refractivity contribution in [2.45, 2.75) is 32.0 Å². The molecular weight excluding hydrogens is 347 g/mol. The minimum atomic E-state index is -0.0254. The van der Waals surface area contributed by atoms with Crippen LogP contribution in [0.15, 0.2) is 42.7 Å². The van der Waals surface area contributed by atoms with Crippen molar-refractivity contribution in [1.29, 1.82) is 0 Å². The van der Waals surface area contributed by atoms with Gasteiger partial charge >= 0.3 is 0 Å². The summed E-state index contributed by atoms with van der Waals surface area (Å²) in [5, 5.41) is 3.25. The summed E-state index contributed by atoms with van der Waals surface area (Å²) in [6, 6.07) is 10.3. The molecule has 1 aromatic heterocycles. The molecule has 2 heterocycles. The number of halogens is 2. The van der Waals surface area contributed by atoms with Crippen LogP contribution in [0.25, 0.3) is 0 Å². The number of carbonyl (C=O) groups excluding carboxylic acids is 1. The van der Waals surface area contributed by atoms with Crippen molar-refractivity contribution in [3.8, 4) is 0 Å². The molecule has 0 aliphatic carbocycles. The van der Waals surface area contributed by atoms with Gasteiger partial charge in [-0.05, 0) is 24.9 Å². The highest BCUT2D eigenvalue weighted by Gasteiger charge is 2.25. The molecule has 1 aliphatic heterocycles. The third-order valence-electron chi connectivity index (χ3n) is 4.11. The molecule has 1 aliphatic rings. The molecule has 132 valence electrons. The third kappa shape index (κ3) is 4.97. The Labute approximate surface area is 155 Å². The van der Waals surface area contributed by atoms with Crippen LogP contribution < -0.4 is 5.32 Å². The molecule has 24 heavy (non-hydrogen) atoms. The number of nitrogens with one attached hydrogen (secondary N) is 1. The van der Waals surface area contributed by atoms with Crippen molar-refractivity contribution < 1.29 is 4.79 Å². The van der Waals surface area contributed by atoms with E-state index in [4.69, 9.17) is 0 Å². The van der Waals surface area contributed by atoms with E-state index in [2.05, 4.69) is 27.0 Å². The van der Waals surface area contributed by atoms with E-state index >= 15 is 0 Å². The van der Waals surface area contributed by atoms with Gasteiger partial charge in [0, 0.05) is 26.0 Å². The topological polar surface area (TPSA) is 50.2 Å². The van der Waals surface area contributed by atoms with Crippen LogP contribution in [0.4, 0.5) is 0 Å². The number of aromatic nitrogens is 2. The van der Waals surface area contributed by atoms with Crippen LogP contribution in [0.2, 0.25) is 0 Å². The first kappa shape index (κ1) is 20.5. The quantitative estimate of drug-likeness (QED) is 0.879. The van der Waals surface area contributed by atoms with Gasteiger partial charge in [0.25, 0.3) is 0 Å². The highest BCUT2D eigenvalue weighted by molar-refractivity contribution is 5.85. The number of imidazole rings is 1. The Hall–Kier alpha value is -1.56. The monoisotopic (exact) mass is 370 g/mol. The summed E-state index contributed by atoms with van der Waals surface area (Å²) in [7, 11) is 1.85.